The summed E-state index contributed by atoms with van der Waals surface area (Å²) in [5.41, 5.74) is 7.95. The van der Waals surface area contributed by atoms with Crippen LogP contribution in [0.25, 0.3) is 0 Å². The maximum atomic E-state index is 11.8. The largest absolute Gasteiger partial charge is 0.365 e. The Bertz CT molecular complexity index is 583. The second kappa shape index (κ2) is 5.79. The lowest BCUT2D eigenvalue weighted by Crippen LogP contribution is -2.18. The number of thiophene rings is 1. The first kappa shape index (κ1) is 14.8. The van der Waals surface area contributed by atoms with Crippen LogP contribution in [0.4, 0.5) is 5.00 Å². The van der Waals surface area contributed by atoms with Crippen LogP contribution in [0.2, 0.25) is 0 Å². The van der Waals surface area contributed by atoms with Crippen LogP contribution in [0.1, 0.15) is 48.0 Å². The number of primary amides is 1. The summed E-state index contributed by atoms with van der Waals surface area (Å²) in [6.07, 6.45) is 4.40. The molecule has 5 heteroatoms. The van der Waals surface area contributed by atoms with E-state index in [9.17, 15) is 9.59 Å². The van der Waals surface area contributed by atoms with Gasteiger partial charge in [0.25, 0.3) is 5.91 Å². The number of carbonyl (C=O) groups excluding carboxylic acids is 2. The molecule has 1 heterocycles. The van der Waals surface area contributed by atoms with Crippen LogP contribution in [-0.4, -0.2) is 11.8 Å². The molecule has 0 saturated carbocycles. The first-order valence-electron chi connectivity index (χ1n) is 6.78. The molecule has 0 aromatic carbocycles. The second-order valence-corrected chi connectivity index (χ2v) is 6.74. The molecule has 1 atom stereocenters. The zero-order valence-electron chi connectivity index (χ0n) is 12.1. The standard InChI is InChI=1S/C15H20N2O2S/c1-8(2)6-12(18)17-15-13(14(16)19)10-5-4-9(3)7-11(10)20-15/h6,9H,4-5,7H2,1-3H3,(H2,16,19)(H,17,18)/t9-/m0/s1. The normalized spacial score (nSPS) is 17.2. The lowest BCUT2D eigenvalue weighted by molar-refractivity contribution is -0.111. The summed E-state index contributed by atoms with van der Waals surface area (Å²) in [5, 5.41) is 3.39. The molecule has 0 unspecified atom stereocenters. The molecule has 2 amide bonds. The van der Waals surface area contributed by atoms with Gasteiger partial charge in [-0.3, -0.25) is 9.59 Å². The van der Waals surface area contributed by atoms with Gasteiger partial charge < -0.3 is 11.1 Å². The Labute approximate surface area is 123 Å². The summed E-state index contributed by atoms with van der Waals surface area (Å²) in [7, 11) is 0. The van der Waals surface area contributed by atoms with E-state index in [4.69, 9.17) is 5.73 Å². The lowest BCUT2D eigenvalue weighted by atomic mass is 9.88. The molecule has 0 radical (unpaired) electrons. The summed E-state index contributed by atoms with van der Waals surface area (Å²) in [6, 6.07) is 0. The number of amides is 2. The number of rotatable bonds is 3. The summed E-state index contributed by atoms with van der Waals surface area (Å²) in [6.45, 7) is 5.92. The van der Waals surface area contributed by atoms with Gasteiger partial charge in [0.1, 0.15) is 5.00 Å². The third-order valence-electron chi connectivity index (χ3n) is 3.41. The van der Waals surface area contributed by atoms with E-state index in [0.717, 1.165) is 30.4 Å². The molecule has 108 valence electrons. The highest BCUT2D eigenvalue weighted by Crippen LogP contribution is 2.39. The Hall–Kier alpha value is -1.62. The third kappa shape index (κ3) is 3.10. The first-order chi connectivity index (χ1) is 9.38. The Kier molecular flexibility index (Phi) is 4.28. The molecule has 1 aliphatic carbocycles. The second-order valence-electron chi connectivity index (χ2n) is 5.63. The van der Waals surface area contributed by atoms with Gasteiger partial charge in [-0.1, -0.05) is 12.5 Å². The first-order valence-corrected chi connectivity index (χ1v) is 7.60. The fraction of sp³-hybridized carbons (Fsp3) is 0.467. The van der Waals surface area contributed by atoms with E-state index in [0.29, 0.717) is 16.5 Å². The Morgan fingerprint density at radius 2 is 2.10 bits per heavy atom. The van der Waals surface area contributed by atoms with Crippen LogP contribution in [-0.2, 0) is 17.6 Å². The van der Waals surface area contributed by atoms with E-state index in [-0.39, 0.29) is 5.91 Å². The average molecular weight is 292 g/mol. The van der Waals surface area contributed by atoms with Crippen molar-refractivity contribution in [3.8, 4) is 0 Å². The number of hydrogen-bond donors (Lipinski definition) is 2. The monoisotopic (exact) mass is 292 g/mol. The van der Waals surface area contributed by atoms with E-state index in [1.54, 1.807) is 0 Å². The van der Waals surface area contributed by atoms with Crippen molar-refractivity contribution in [2.24, 2.45) is 11.7 Å². The van der Waals surface area contributed by atoms with Gasteiger partial charge in [-0.15, -0.1) is 11.3 Å². The van der Waals surface area contributed by atoms with Crippen LogP contribution in [0.15, 0.2) is 11.6 Å². The smallest absolute Gasteiger partial charge is 0.251 e. The van der Waals surface area contributed by atoms with E-state index in [1.165, 1.54) is 22.3 Å². The predicted molar refractivity (Wildman–Crippen MR) is 82.1 cm³/mol. The highest BCUT2D eigenvalue weighted by atomic mass is 32.1. The van der Waals surface area contributed by atoms with Crippen molar-refractivity contribution in [3.63, 3.8) is 0 Å². The molecular weight excluding hydrogens is 272 g/mol. The minimum absolute atomic E-state index is 0.209. The zero-order valence-corrected chi connectivity index (χ0v) is 12.9. The van der Waals surface area contributed by atoms with Gasteiger partial charge in [-0.2, -0.15) is 0 Å². The van der Waals surface area contributed by atoms with Crippen LogP contribution >= 0.6 is 11.3 Å². The molecular formula is C15H20N2O2S. The van der Waals surface area contributed by atoms with E-state index < -0.39 is 5.91 Å². The zero-order chi connectivity index (χ0) is 14.9. The Balaban J connectivity index is 2.36. The van der Waals surface area contributed by atoms with Crippen LogP contribution in [0.5, 0.6) is 0 Å². The van der Waals surface area contributed by atoms with Gasteiger partial charge in [0.2, 0.25) is 5.91 Å². The van der Waals surface area contributed by atoms with Crippen LogP contribution < -0.4 is 11.1 Å². The van der Waals surface area contributed by atoms with Gasteiger partial charge in [-0.25, -0.2) is 0 Å². The molecule has 0 saturated heterocycles. The van der Waals surface area contributed by atoms with Gasteiger partial charge in [0.05, 0.1) is 5.56 Å². The molecule has 2 rings (SSSR count). The Morgan fingerprint density at radius 1 is 1.40 bits per heavy atom. The molecule has 0 fully saturated rings. The van der Waals surface area contributed by atoms with Crippen molar-refractivity contribution >= 4 is 28.2 Å². The van der Waals surface area contributed by atoms with Crippen molar-refractivity contribution in [2.45, 2.75) is 40.0 Å². The molecule has 1 aliphatic rings. The average Bonchev–Trinajstić information content (AvgIpc) is 2.64. The van der Waals surface area contributed by atoms with E-state index in [2.05, 4.69) is 12.2 Å². The lowest BCUT2D eigenvalue weighted by Gasteiger charge is -2.18. The van der Waals surface area contributed by atoms with Crippen molar-refractivity contribution in [2.75, 3.05) is 5.32 Å². The van der Waals surface area contributed by atoms with E-state index in [1.807, 2.05) is 13.8 Å². The fourth-order valence-electron chi connectivity index (χ4n) is 2.51. The maximum Gasteiger partial charge on any atom is 0.251 e. The SMILES string of the molecule is CC(C)=CC(=O)Nc1sc2c(c1C(N)=O)CC[C@H](C)C2. The minimum atomic E-state index is -0.454. The number of anilines is 1. The van der Waals surface area contributed by atoms with E-state index >= 15 is 0 Å². The molecule has 4 nitrogen and oxygen atoms in total. The van der Waals surface area contributed by atoms with Crippen LogP contribution in [0, 0.1) is 5.92 Å². The number of allylic oxidation sites excluding steroid dienone is 1. The number of nitrogens with one attached hydrogen (secondary N) is 1. The highest BCUT2D eigenvalue weighted by Gasteiger charge is 2.26. The molecule has 1 aromatic rings. The van der Waals surface area contributed by atoms with Crippen molar-refractivity contribution in [1.82, 2.24) is 0 Å². The quantitative estimate of drug-likeness (QED) is 0.841. The molecule has 1 aromatic heterocycles. The predicted octanol–water partition coefficient (Wildman–Crippen LogP) is 2.88. The Morgan fingerprint density at radius 3 is 2.70 bits per heavy atom. The molecule has 0 spiro atoms. The maximum absolute atomic E-state index is 11.8. The van der Waals surface area contributed by atoms with Crippen LogP contribution in [0.3, 0.4) is 0 Å². The number of hydrogen-bond acceptors (Lipinski definition) is 3. The minimum Gasteiger partial charge on any atom is -0.365 e. The van der Waals surface area contributed by atoms with Gasteiger partial charge in [-0.05, 0) is 44.6 Å². The third-order valence-corrected chi connectivity index (χ3v) is 4.58. The summed E-state index contributed by atoms with van der Waals surface area (Å²) in [4.78, 5) is 24.7. The molecule has 20 heavy (non-hydrogen) atoms. The van der Waals surface area contributed by atoms with Crippen molar-refractivity contribution < 1.29 is 9.59 Å². The highest BCUT2D eigenvalue weighted by molar-refractivity contribution is 7.17. The molecule has 0 bridgehead atoms. The number of fused-ring (bicyclic) bond motifs is 1. The molecule has 3 N–H and O–H groups in total. The van der Waals surface area contributed by atoms with Crippen molar-refractivity contribution in [3.05, 3.63) is 27.7 Å². The number of nitrogens with two attached hydrogens (primary N) is 1. The van der Waals surface area contributed by atoms with Gasteiger partial charge in [0.15, 0.2) is 0 Å². The topological polar surface area (TPSA) is 72.2 Å². The van der Waals surface area contributed by atoms with Gasteiger partial charge in [0, 0.05) is 11.0 Å². The summed E-state index contributed by atoms with van der Waals surface area (Å²) >= 11 is 1.49. The fourth-order valence-corrected chi connectivity index (χ4v) is 3.93. The summed E-state index contributed by atoms with van der Waals surface area (Å²) in [5.74, 6) is -0.0492. The number of carbonyl (C=O) groups is 2. The van der Waals surface area contributed by atoms with Crippen molar-refractivity contribution in [1.29, 1.82) is 0 Å². The molecule has 0 aliphatic heterocycles. The van der Waals surface area contributed by atoms with Gasteiger partial charge >= 0.3 is 0 Å². The summed E-state index contributed by atoms with van der Waals surface area (Å²) < 4.78 is 0.